The minimum atomic E-state index is -1.86. The van der Waals surface area contributed by atoms with E-state index in [1.165, 1.54) is 0 Å². The molecule has 1 atom stereocenters. The quantitative estimate of drug-likeness (QED) is 0.450. The lowest BCUT2D eigenvalue weighted by Gasteiger charge is -2.04. The Balaban J connectivity index is 3.55. The SMILES string of the molecule is O=S(O)SC(Br)(Br)Br. The molecule has 0 radical (unpaired) electrons. The molecule has 7 heteroatoms. The van der Waals surface area contributed by atoms with Crippen molar-refractivity contribution in [3.05, 3.63) is 0 Å². The fourth-order valence-electron chi connectivity index (χ4n) is 0.0808. The van der Waals surface area contributed by atoms with Gasteiger partial charge >= 0.3 is 0 Å². The second-order valence-electron chi connectivity index (χ2n) is 0.746. The van der Waals surface area contributed by atoms with Gasteiger partial charge in [0.2, 0.25) is 10.1 Å². The first kappa shape index (κ1) is 9.90. The van der Waals surface area contributed by atoms with Crippen LogP contribution in [0.5, 0.6) is 0 Å². The first-order valence-electron chi connectivity index (χ1n) is 1.29. The summed E-state index contributed by atoms with van der Waals surface area (Å²) in [7, 11) is -1.07. The van der Waals surface area contributed by atoms with Crippen LogP contribution in [0, 0.1) is 0 Å². The number of halogens is 3. The predicted molar refractivity (Wildman–Crippen MR) is 47.9 cm³/mol. The fraction of sp³-hybridized carbons (Fsp3) is 1.00. The smallest absolute Gasteiger partial charge is 0.219 e. The van der Waals surface area contributed by atoms with Crippen molar-refractivity contribution in [2.75, 3.05) is 0 Å². The molecule has 0 aliphatic heterocycles. The summed E-state index contributed by atoms with van der Waals surface area (Å²) in [5, 5.41) is 0. The summed E-state index contributed by atoms with van der Waals surface area (Å²) < 4.78 is 17.6. The van der Waals surface area contributed by atoms with Crippen LogP contribution >= 0.6 is 58.6 Å². The van der Waals surface area contributed by atoms with Crippen molar-refractivity contribution in [1.82, 2.24) is 0 Å². The van der Waals surface area contributed by atoms with Crippen LogP contribution in [0.2, 0.25) is 0 Å². The van der Waals surface area contributed by atoms with Gasteiger partial charge in [-0.1, -0.05) is 0 Å². The molecule has 0 aliphatic rings. The standard InChI is InChI=1S/CHBr3O2S2/c2-1(3,4)7-8(5)6/h(H,5,6). The first-order chi connectivity index (χ1) is 3.42. The molecule has 0 saturated heterocycles. The number of alkyl halides is 3. The van der Waals surface area contributed by atoms with Crippen LogP contribution in [-0.2, 0) is 10.1 Å². The molecule has 0 aliphatic carbocycles. The van der Waals surface area contributed by atoms with Gasteiger partial charge in [0.1, 0.15) is 0 Å². The molecule has 0 bridgehead atoms. The summed E-state index contributed by atoms with van der Waals surface area (Å²) in [5.74, 6) is 0. The van der Waals surface area contributed by atoms with E-state index in [4.69, 9.17) is 4.55 Å². The summed E-state index contributed by atoms with van der Waals surface area (Å²) in [5.41, 5.74) is 0. The molecule has 2 nitrogen and oxygen atoms in total. The Labute approximate surface area is 78.2 Å². The Morgan fingerprint density at radius 2 is 1.88 bits per heavy atom. The van der Waals surface area contributed by atoms with Crippen LogP contribution in [0.4, 0.5) is 0 Å². The molecule has 0 aromatic heterocycles. The van der Waals surface area contributed by atoms with Gasteiger partial charge in [-0.25, -0.2) is 4.21 Å². The van der Waals surface area contributed by atoms with E-state index in [1.807, 2.05) is 0 Å². The summed E-state index contributed by atoms with van der Waals surface area (Å²) in [6.45, 7) is 0. The molecule has 0 aromatic rings. The third-order valence-corrected chi connectivity index (χ3v) is 5.06. The molecule has 0 fully saturated rings. The topological polar surface area (TPSA) is 37.3 Å². The van der Waals surface area contributed by atoms with Crippen LogP contribution in [-0.4, -0.2) is 10.2 Å². The highest BCUT2D eigenvalue weighted by Gasteiger charge is 2.21. The third kappa shape index (κ3) is 7.90. The Kier molecular flexibility index (Phi) is 4.85. The van der Waals surface area contributed by atoms with E-state index in [-0.39, 0.29) is 0 Å². The first-order valence-corrected chi connectivity index (χ1v) is 6.11. The number of hydrogen-bond donors (Lipinski definition) is 1. The normalized spacial score (nSPS) is 16.0. The number of rotatable bonds is 1. The zero-order valence-corrected chi connectivity index (χ0v) is 9.70. The molecule has 0 spiro atoms. The largest absolute Gasteiger partial charge is 0.297 e. The zero-order chi connectivity index (χ0) is 6.78. The van der Waals surface area contributed by atoms with Gasteiger partial charge in [-0.3, -0.25) is 4.55 Å². The summed E-state index contributed by atoms with van der Waals surface area (Å²) >= 11 is 9.07. The van der Waals surface area contributed by atoms with Crippen LogP contribution in [0.25, 0.3) is 0 Å². The van der Waals surface area contributed by atoms with E-state index in [2.05, 4.69) is 47.8 Å². The van der Waals surface area contributed by atoms with Gasteiger partial charge in [-0.15, -0.1) is 0 Å². The average Bonchev–Trinajstić information content (AvgIpc) is 1.21. The molecule has 1 unspecified atom stereocenters. The Hall–Kier alpha value is 1.90. The van der Waals surface area contributed by atoms with Gasteiger partial charge < -0.3 is 0 Å². The van der Waals surface area contributed by atoms with E-state index >= 15 is 0 Å². The monoisotopic (exact) mass is 346 g/mol. The van der Waals surface area contributed by atoms with Crippen molar-refractivity contribution < 1.29 is 8.76 Å². The van der Waals surface area contributed by atoms with E-state index in [0.29, 0.717) is 0 Å². The Bertz CT molecular complexity index is 97.9. The lowest BCUT2D eigenvalue weighted by molar-refractivity contribution is 0.581. The van der Waals surface area contributed by atoms with E-state index in [9.17, 15) is 4.21 Å². The molecule has 0 rings (SSSR count). The Morgan fingerprint density at radius 3 is 1.88 bits per heavy atom. The highest BCUT2D eigenvalue weighted by atomic mass is 80.0. The highest BCUT2D eigenvalue weighted by Crippen LogP contribution is 2.45. The molecule has 50 valence electrons. The maximum Gasteiger partial charge on any atom is 0.219 e. The van der Waals surface area contributed by atoms with Crippen LogP contribution in [0.3, 0.4) is 0 Å². The summed E-state index contributed by atoms with van der Waals surface area (Å²) in [4.78, 5) is 0. The lowest BCUT2D eigenvalue weighted by Crippen LogP contribution is -1.92. The Morgan fingerprint density at radius 1 is 1.50 bits per heavy atom. The molecule has 8 heavy (non-hydrogen) atoms. The second-order valence-corrected chi connectivity index (χ2v) is 11.7. The van der Waals surface area contributed by atoms with E-state index < -0.39 is 11.6 Å². The van der Waals surface area contributed by atoms with E-state index in [0.717, 1.165) is 10.8 Å². The van der Waals surface area contributed by atoms with Crippen LogP contribution in [0.15, 0.2) is 0 Å². The van der Waals surface area contributed by atoms with Crippen molar-refractivity contribution in [2.24, 2.45) is 0 Å². The van der Waals surface area contributed by atoms with Gasteiger partial charge in [0.25, 0.3) is 0 Å². The molecular formula is CHBr3O2S2. The van der Waals surface area contributed by atoms with Crippen molar-refractivity contribution >= 4 is 68.7 Å². The van der Waals surface area contributed by atoms with Crippen molar-refractivity contribution in [2.45, 2.75) is 1.47 Å². The fourth-order valence-corrected chi connectivity index (χ4v) is 3.78. The summed E-state index contributed by atoms with van der Waals surface area (Å²) in [6, 6.07) is 0. The molecule has 1 N–H and O–H groups in total. The zero-order valence-electron chi connectivity index (χ0n) is 3.31. The minimum absolute atomic E-state index is 0.674. The lowest BCUT2D eigenvalue weighted by atomic mass is 11.9. The van der Waals surface area contributed by atoms with Crippen LogP contribution < -0.4 is 0 Å². The molecule has 0 aromatic carbocycles. The average molecular weight is 349 g/mol. The van der Waals surface area contributed by atoms with Gasteiger partial charge in [0, 0.05) is 10.8 Å². The van der Waals surface area contributed by atoms with Gasteiger partial charge in [-0.2, -0.15) is 0 Å². The minimum Gasteiger partial charge on any atom is -0.297 e. The van der Waals surface area contributed by atoms with Crippen molar-refractivity contribution in [3.63, 3.8) is 0 Å². The molecular weight excluding hydrogens is 348 g/mol. The number of hydrogen-bond acceptors (Lipinski definition) is 2. The van der Waals surface area contributed by atoms with Crippen molar-refractivity contribution in [3.8, 4) is 0 Å². The highest BCUT2D eigenvalue weighted by molar-refractivity contribution is 9.44. The molecule has 0 amide bonds. The maximum absolute atomic E-state index is 10.00. The van der Waals surface area contributed by atoms with Gasteiger partial charge in [0.05, 0.1) is 0 Å². The van der Waals surface area contributed by atoms with Crippen LogP contribution in [0.1, 0.15) is 0 Å². The third-order valence-electron chi connectivity index (χ3n) is 0.166. The molecule has 0 heterocycles. The second kappa shape index (κ2) is 3.92. The van der Waals surface area contributed by atoms with Gasteiger partial charge in [0.15, 0.2) is 1.47 Å². The predicted octanol–water partition coefficient (Wildman–Crippen LogP) is 2.65. The van der Waals surface area contributed by atoms with Crippen molar-refractivity contribution in [1.29, 1.82) is 0 Å². The molecule has 0 saturated carbocycles. The van der Waals surface area contributed by atoms with Gasteiger partial charge in [-0.05, 0) is 47.8 Å². The summed E-state index contributed by atoms with van der Waals surface area (Å²) in [6.07, 6.45) is 0. The van der Waals surface area contributed by atoms with E-state index in [1.54, 1.807) is 0 Å². The maximum atomic E-state index is 10.00.